The standard InChI is InChI=1S/C21H34N2O7S/c1-21(2,3)29-20(25)22-15-10-8-6-7-9-14-18(30-31(5,26)27)16-12-11-13-17(23-16)19(24)28-4/h11-13,18H,6-10,14-15H2,1-5H3,(H,22,25). The molecule has 0 saturated heterocycles. The van der Waals surface area contributed by atoms with Crippen molar-refractivity contribution in [3.05, 3.63) is 29.6 Å². The molecule has 1 unspecified atom stereocenters. The van der Waals surface area contributed by atoms with E-state index in [1.165, 1.54) is 13.2 Å². The molecule has 0 spiro atoms. The van der Waals surface area contributed by atoms with Crippen LogP contribution >= 0.6 is 0 Å². The number of amides is 1. The molecule has 1 aromatic rings. The van der Waals surface area contributed by atoms with Crippen molar-refractivity contribution in [3.63, 3.8) is 0 Å². The second-order valence-corrected chi connectivity index (χ2v) is 9.81. The number of methoxy groups -OCH3 is 1. The van der Waals surface area contributed by atoms with E-state index < -0.39 is 33.9 Å². The summed E-state index contributed by atoms with van der Waals surface area (Å²) < 4.78 is 38.3. The molecule has 0 aliphatic heterocycles. The molecule has 31 heavy (non-hydrogen) atoms. The molecule has 1 amide bonds. The molecule has 1 rings (SSSR count). The monoisotopic (exact) mass is 458 g/mol. The van der Waals surface area contributed by atoms with Crippen molar-refractivity contribution < 1.29 is 31.7 Å². The topological polar surface area (TPSA) is 121 Å². The van der Waals surface area contributed by atoms with E-state index >= 15 is 0 Å². The third-order valence-corrected chi connectivity index (χ3v) is 4.68. The van der Waals surface area contributed by atoms with E-state index in [-0.39, 0.29) is 5.69 Å². The molecule has 176 valence electrons. The van der Waals surface area contributed by atoms with Crippen molar-refractivity contribution in [2.24, 2.45) is 0 Å². The van der Waals surface area contributed by atoms with Gasteiger partial charge in [-0.2, -0.15) is 8.42 Å². The second-order valence-electron chi connectivity index (χ2n) is 8.21. The van der Waals surface area contributed by atoms with E-state index in [0.717, 1.165) is 38.4 Å². The normalized spacial score (nSPS) is 12.8. The van der Waals surface area contributed by atoms with Crippen LogP contribution in [0.15, 0.2) is 18.2 Å². The van der Waals surface area contributed by atoms with Gasteiger partial charge in [-0.15, -0.1) is 0 Å². The summed E-state index contributed by atoms with van der Waals surface area (Å²) in [5.41, 5.74) is -0.0469. The molecule has 0 aliphatic rings. The van der Waals surface area contributed by atoms with E-state index in [4.69, 9.17) is 8.92 Å². The Hall–Kier alpha value is -2.20. The van der Waals surface area contributed by atoms with Crippen LogP contribution in [0.2, 0.25) is 0 Å². The van der Waals surface area contributed by atoms with Gasteiger partial charge in [0.2, 0.25) is 0 Å². The minimum atomic E-state index is -3.69. The summed E-state index contributed by atoms with van der Waals surface area (Å²) in [6.07, 6.45) is 4.51. The molecule has 1 N–H and O–H groups in total. The molecule has 10 heteroatoms. The zero-order chi connectivity index (χ0) is 23.5. The first kappa shape index (κ1) is 26.8. The molecule has 1 heterocycles. The highest BCUT2D eigenvalue weighted by Gasteiger charge is 2.21. The summed E-state index contributed by atoms with van der Waals surface area (Å²) in [4.78, 5) is 27.5. The number of nitrogens with one attached hydrogen (secondary N) is 1. The number of carbonyl (C=O) groups is 2. The van der Waals surface area contributed by atoms with E-state index in [0.29, 0.717) is 18.7 Å². The van der Waals surface area contributed by atoms with E-state index in [1.807, 2.05) is 20.8 Å². The summed E-state index contributed by atoms with van der Waals surface area (Å²) in [7, 11) is -2.44. The Morgan fingerprint density at radius 3 is 2.35 bits per heavy atom. The van der Waals surface area contributed by atoms with Gasteiger partial charge in [-0.05, 0) is 45.7 Å². The van der Waals surface area contributed by atoms with Crippen LogP contribution in [0.3, 0.4) is 0 Å². The largest absolute Gasteiger partial charge is 0.464 e. The van der Waals surface area contributed by atoms with Crippen molar-refractivity contribution in [2.75, 3.05) is 19.9 Å². The molecule has 9 nitrogen and oxygen atoms in total. The average Bonchev–Trinajstić information content (AvgIpc) is 2.66. The maximum Gasteiger partial charge on any atom is 0.407 e. The maximum atomic E-state index is 11.7. The van der Waals surface area contributed by atoms with E-state index in [1.54, 1.807) is 12.1 Å². The third-order valence-electron chi connectivity index (χ3n) is 4.10. The van der Waals surface area contributed by atoms with Crippen LogP contribution in [0.1, 0.15) is 81.6 Å². The number of aromatic nitrogens is 1. The highest BCUT2D eigenvalue weighted by Crippen LogP contribution is 2.25. The second kappa shape index (κ2) is 12.6. The molecule has 0 aliphatic carbocycles. The molecule has 1 aromatic heterocycles. The molecular formula is C21H34N2O7S. The summed E-state index contributed by atoms with van der Waals surface area (Å²) >= 11 is 0. The van der Waals surface area contributed by atoms with Crippen LogP contribution in [-0.4, -0.2) is 51.0 Å². The van der Waals surface area contributed by atoms with Crippen molar-refractivity contribution in [1.29, 1.82) is 0 Å². The van der Waals surface area contributed by atoms with Crippen LogP contribution in [0.4, 0.5) is 4.79 Å². The highest BCUT2D eigenvalue weighted by atomic mass is 32.2. The number of carbonyl (C=O) groups excluding carboxylic acids is 2. The molecule has 0 saturated carbocycles. The van der Waals surface area contributed by atoms with Crippen molar-refractivity contribution in [3.8, 4) is 0 Å². The zero-order valence-corrected chi connectivity index (χ0v) is 19.8. The lowest BCUT2D eigenvalue weighted by atomic mass is 10.1. The van der Waals surface area contributed by atoms with Gasteiger partial charge in [0.1, 0.15) is 17.4 Å². The Morgan fingerprint density at radius 2 is 1.74 bits per heavy atom. The molecule has 0 bridgehead atoms. The minimum absolute atomic E-state index is 0.0968. The number of ether oxygens (including phenoxy) is 2. The van der Waals surface area contributed by atoms with Gasteiger partial charge in [-0.3, -0.25) is 4.18 Å². The molecule has 1 atom stereocenters. The number of unbranched alkanes of at least 4 members (excludes halogenated alkanes) is 4. The quantitative estimate of drug-likeness (QED) is 0.286. The predicted molar refractivity (Wildman–Crippen MR) is 116 cm³/mol. The predicted octanol–water partition coefficient (Wildman–Crippen LogP) is 3.75. The Bertz CT molecular complexity index is 819. The maximum absolute atomic E-state index is 11.7. The Balaban J connectivity index is 2.45. The molecule has 0 fully saturated rings. The van der Waals surface area contributed by atoms with E-state index in [9.17, 15) is 18.0 Å². The SMILES string of the molecule is COC(=O)c1cccc(C(CCCCCCCNC(=O)OC(C)(C)C)OS(C)(=O)=O)n1. The number of hydrogen-bond acceptors (Lipinski definition) is 8. The van der Waals surface area contributed by atoms with Crippen molar-refractivity contribution in [2.45, 2.75) is 71.0 Å². The lowest BCUT2D eigenvalue weighted by Crippen LogP contribution is -2.32. The zero-order valence-electron chi connectivity index (χ0n) is 19.0. The van der Waals surface area contributed by atoms with Crippen molar-refractivity contribution >= 4 is 22.2 Å². The first-order valence-electron chi connectivity index (χ1n) is 10.3. The smallest absolute Gasteiger partial charge is 0.407 e. The van der Waals surface area contributed by atoms with Crippen LogP contribution in [0.25, 0.3) is 0 Å². The lowest BCUT2D eigenvalue weighted by Gasteiger charge is -2.19. The Morgan fingerprint density at radius 1 is 1.10 bits per heavy atom. The lowest BCUT2D eigenvalue weighted by molar-refractivity contribution is 0.0525. The number of hydrogen-bond donors (Lipinski definition) is 1. The minimum Gasteiger partial charge on any atom is -0.464 e. The number of nitrogens with zero attached hydrogens (tertiary/aromatic N) is 1. The summed E-state index contributed by atoms with van der Waals surface area (Å²) in [5.74, 6) is -0.597. The first-order chi connectivity index (χ1) is 14.4. The fraction of sp³-hybridized carbons (Fsp3) is 0.667. The highest BCUT2D eigenvalue weighted by molar-refractivity contribution is 7.86. The van der Waals surface area contributed by atoms with Crippen LogP contribution in [0, 0.1) is 0 Å². The summed E-state index contributed by atoms with van der Waals surface area (Å²) in [6.45, 7) is 5.98. The first-order valence-corrected chi connectivity index (χ1v) is 12.1. The number of pyridine rings is 1. The Labute approximate surface area is 185 Å². The number of alkyl carbamates (subject to hydrolysis) is 1. The van der Waals surface area contributed by atoms with E-state index in [2.05, 4.69) is 15.0 Å². The van der Waals surface area contributed by atoms with Gasteiger partial charge >= 0.3 is 12.1 Å². The van der Waals surface area contributed by atoms with Gasteiger partial charge in [-0.25, -0.2) is 14.6 Å². The number of rotatable bonds is 12. The van der Waals surface area contributed by atoms with Gasteiger partial charge < -0.3 is 14.8 Å². The van der Waals surface area contributed by atoms with Crippen LogP contribution < -0.4 is 5.32 Å². The fourth-order valence-corrected chi connectivity index (χ4v) is 3.41. The Kier molecular flexibility index (Phi) is 10.9. The number of esters is 1. The van der Waals surface area contributed by atoms with Crippen LogP contribution in [-0.2, 0) is 23.8 Å². The molecule has 0 aromatic carbocycles. The summed E-state index contributed by atoms with van der Waals surface area (Å²) in [6, 6.07) is 4.74. The molecular weight excluding hydrogens is 424 g/mol. The average molecular weight is 459 g/mol. The van der Waals surface area contributed by atoms with Crippen LogP contribution in [0.5, 0.6) is 0 Å². The summed E-state index contributed by atoms with van der Waals surface area (Å²) in [5, 5.41) is 2.72. The van der Waals surface area contributed by atoms with Gasteiger partial charge in [0, 0.05) is 6.54 Å². The van der Waals surface area contributed by atoms with Gasteiger partial charge in [-0.1, -0.05) is 31.7 Å². The van der Waals surface area contributed by atoms with Crippen molar-refractivity contribution in [1.82, 2.24) is 10.3 Å². The van der Waals surface area contributed by atoms with Gasteiger partial charge in [0.15, 0.2) is 0 Å². The molecule has 0 radical (unpaired) electrons. The third kappa shape index (κ3) is 12.3. The van der Waals surface area contributed by atoms with Gasteiger partial charge in [0.05, 0.1) is 19.1 Å². The van der Waals surface area contributed by atoms with Gasteiger partial charge in [0.25, 0.3) is 10.1 Å². The fourth-order valence-electron chi connectivity index (χ4n) is 2.80.